The molecule has 1 aromatic rings. The maximum Gasteiger partial charge on any atom is 0.279 e. The van der Waals surface area contributed by atoms with E-state index in [1.54, 1.807) is 0 Å². The van der Waals surface area contributed by atoms with Crippen molar-refractivity contribution in [2.75, 3.05) is 0 Å². The fourth-order valence-electron chi connectivity index (χ4n) is 1.81. The summed E-state index contributed by atoms with van der Waals surface area (Å²) in [7, 11) is 0. The summed E-state index contributed by atoms with van der Waals surface area (Å²) in [6.07, 6.45) is 1.73. The number of nitro groups is 2. The molecule has 1 unspecified atom stereocenters. The summed E-state index contributed by atoms with van der Waals surface area (Å²) < 4.78 is 0. The standard InChI is InChI=1S/C11H14N2O4/c1-3-4-8(2)10-6-5-9(12(14)15)7-11(10)13(16)17/h5-8H,3-4H2,1-2H3. The molecule has 92 valence electrons. The summed E-state index contributed by atoms with van der Waals surface area (Å²) in [5.41, 5.74) is 0.145. The van der Waals surface area contributed by atoms with Gasteiger partial charge in [-0.15, -0.1) is 0 Å². The van der Waals surface area contributed by atoms with Crippen molar-refractivity contribution in [3.05, 3.63) is 44.0 Å². The van der Waals surface area contributed by atoms with E-state index in [2.05, 4.69) is 0 Å². The highest BCUT2D eigenvalue weighted by Crippen LogP contribution is 2.32. The minimum atomic E-state index is -0.624. The summed E-state index contributed by atoms with van der Waals surface area (Å²) >= 11 is 0. The van der Waals surface area contributed by atoms with Crippen LogP contribution in [0.3, 0.4) is 0 Å². The molecule has 0 N–H and O–H groups in total. The first-order chi connectivity index (χ1) is 7.97. The van der Waals surface area contributed by atoms with Crippen molar-refractivity contribution in [3.63, 3.8) is 0 Å². The Labute approximate surface area is 98.6 Å². The highest BCUT2D eigenvalue weighted by molar-refractivity contribution is 5.50. The Balaban J connectivity index is 3.22. The lowest BCUT2D eigenvalue weighted by atomic mass is 9.95. The van der Waals surface area contributed by atoms with Gasteiger partial charge in [0.2, 0.25) is 0 Å². The predicted octanol–water partition coefficient (Wildman–Crippen LogP) is 3.41. The summed E-state index contributed by atoms with van der Waals surface area (Å²) in [6, 6.07) is 3.83. The second kappa shape index (κ2) is 5.38. The minimum absolute atomic E-state index is 0.0289. The van der Waals surface area contributed by atoms with Crippen molar-refractivity contribution in [1.82, 2.24) is 0 Å². The van der Waals surface area contributed by atoms with E-state index in [0.717, 1.165) is 18.9 Å². The van der Waals surface area contributed by atoms with Crippen LogP contribution in [0.25, 0.3) is 0 Å². The van der Waals surface area contributed by atoms with Crippen LogP contribution in [0.15, 0.2) is 18.2 Å². The van der Waals surface area contributed by atoms with Crippen molar-refractivity contribution in [3.8, 4) is 0 Å². The molecule has 0 saturated carbocycles. The molecule has 0 radical (unpaired) electrons. The maximum atomic E-state index is 10.9. The largest absolute Gasteiger partial charge is 0.279 e. The van der Waals surface area contributed by atoms with E-state index in [-0.39, 0.29) is 17.3 Å². The lowest BCUT2D eigenvalue weighted by Gasteiger charge is -2.10. The molecule has 0 saturated heterocycles. The SMILES string of the molecule is CCCC(C)c1ccc([N+](=O)[O-])cc1[N+](=O)[O-]. The number of hydrogen-bond acceptors (Lipinski definition) is 4. The van der Waals surface area contributed by atoms with Crippen LogP contribution in [-0.2, 0) is 0 Å². The molecule has 0 fully saturated rings. The number of rotatable bonds is 5. The Bertz CT molecular complexity index is 445. The van der Waals surface area contributed by atoms with Crippen molar-refractivity contribution in [2.24, 2.45) is 0 Å². The Morgan fingerprint density at radius 2 is 1.88 bits per heavy atom. The van der Waals surface area contributed by atoms with Gasteiger partial charge in [-0.1, -0.05) is 20.3 Å². The number of nitrogens with zero attached hydrogens (tertiary/aromatic N) is 2. The van der Waals surface area contributed by atoms with E-state index in [4.69, 9.17) is 0 Å². The van der Waals surface area contributed by atoms with Crippen LogP contribution in [0.5, 0.6) is 0 Å². The zero-order valence-electron chi connectivity index (χ0n) is 9.75. The molecule has 1 rings (SSSR count). The van der Waals surface area contributed by atoms with E-state index in [1.165, 1.54) is 12.1 Å². The second-order valence-corrected chi connectivity index (χ2v) is 3.95. The van der Waals surface area contributed by atoms with Gasteiger partial charge in [0.05, 0.1) is 15.9 Å². The Morgan fingerprint density at radius 3 is 2.35 bits per heavy atom. The van der Waals surface area contributed by atoms with Crippen molar-refractivity contribution >= 4 is 11.4 Å². The molecular weight excluding hydrogens is 224 g/mol. The molecule has 6 nitrogen and oxygen atoms in total. The van der Waals surface area contributed by atoms with Gasteiger partial charge in [0.15, 0.2) is 0 Å². The van der Waals surface area contributed by atoms with Crippen LogP contribution in [0, 0.1) is 20.2 Å². The van der Waals surface area contributed by atoms with Crippen molar-refractivity contribution in [1.29, 1.82) is 0 Å². The zero-order chi connectivity index (χ0) is 13.0. The van der Waals surface area contributed by atoms with E-state index < -0.39 is 9.85 Å². The fraction of sp³-hybridized carbons (Fsp3) is 0.455. The third-order valence-corrected chi connectivity index (χ3v) is 2.67. The smallest absolute Gasteiger partial charge is 0.258 e. The molecule has 1 aromatic carbocycles. The van der Waals surface area contributed by atoms with Gasteiger partial charge in [-0.2, -0.15) is 0 Å². The van der Waals surface area contributed by atoms with Crippen molar-refractivity contribution in [2.45, 2.75) is 32.6 Å². The summed E-state index contributed by atoms with van der Waals surface area (Å²) in [5.74, 6) is 0.0289. The first kappa shape index (κ1) is 13.1. The second-order valence-electron chi connectivity index (χ2n) is 3.95. The van der Waals surface area contributed by atoms with Gasteiger partial charge in [0.1, 0.15) is 0 Å². The number of hydrogen-bond donors (Lipinski definition) is 0. The van der Waals surface area contributed by atoms with Crippen LogP contribution in [0.4, 0.5) is 11.4 Å². The van der Waals surface area contributed by atoms with Crippen LogP contribution in [-0.4, -0.2) is 9.85 Å². The Hall–Kier alpha value is -1.98. The number of nitro benzene ring substituents is 2. The van der Waals surface area contributed by atoms with Gasteiger partial charge >= 0.3 is 0 Å². The van der Waals surface area contributed by atoms with Gasteiger partial charge in [0, 0.05) is 11.6 Å². The summed E-state index contributed by atoms with van der Waals surface area (Å²) in [6.45, 7) is 3.88. The number of non-ortho nitro benzene ring substituents is 1. The molecule has 6 heteroatoms. The van der Waals surface area contributed by atoms with Crippen LogP contribution in [0.2, 0.25) is 0 Å². The molecule has 0 aromatic heterocycles. The normalized spacial score (nSPS) is 12.1. The molecule has 0 spiro atoms. The fourth-order valence-corrected chi connectivity index (χ4v) is 1.81. The topological polar surface area (TPSA) is 86.3 Å². The van der Waals surface area contributed by atoms with Gasteiger partial charge in [0.25, 0.3) is 11.4 Å². The third-order valence-electron chi connectivity index (χ3n) is 2.67. The van der Waals surface area contributed by atoms with Gasteiger partial charge in [-0.25, -0.2) is 0 Å². The zero-order valence-corrected chi connectivity index (χ0v) is 9.75. The lowest BCUT2D eigenvalue weighted by molar-refractivity contribution is -0.394. The average Bonchev–Trinajstić information content (AvgIpc) is 2.28. The van der Waals surface area contributed by atoms with E-state index in [9.17, 15) is 20.2 Å². The van der Waals surface area contributed by atoms with Crippen LogP contribution < -0.4 is 0 Å². The highest BCUT2D eigenvalue weighted by Gasteiger charge is 2.22. The minimum Gasteiger partial charge on any atom is -0.258 e. The maximum absolute atomic E-state index is 10.9. The van der Waals surface area contributed by atoms with Gasteiger partial charge in [-0.05, 0) is 18.4 Å². The first-order valence-electron chi connectivity index (χ1n) is 5.40. The summed E-state index contributed by atoms with van der Waals surface area (Å²) in [5, 5.41) is 21.5. The van der Waals surface area contributed by atoms with E-state index in [0.29, 0.717) is 5.56 Å². The quantitative estimate of drug-likeness (QED) is 0.581. The van der Waals surface area contributed by atoms with Crippen LogP contribution in [0.1, 0.15) is 38.2 Å². The van der Waals surface area contributed by atoms with E-state index in [1.807, 2.05) is 13.8 Å². The Morgan fingerprint density at radius 1 is 1.24 bits per heavy atom. The lowest BCUT2D eigenvalue weighted by Crippen LogP contribution is -2.01. The molecule has 0 amide bonds. The molecular formula is C11H14N2O4. The molecule has 0 heterocycles. The molecule has 17 heavy (non-hydrogen) atoms. The monoisotopic (exact) mass is 238 g/mol. The first-order valence-corrected chi connectivity index (χ1v) is 5.40. The van der Waals surface area contributed by atoms with Gasteiger partial charge < -0.3 is 0 Å². The average molecular weight is 238 g/mol. The third kappa shape index (κ3) is 2.99. The molecule has 1 atom stereocenters. The number of benzene rings is 1. The van der Waals surface area contributed by atoms with E-state index >= 15 is 0 Å². The predicted molar refractivity (Wildman–Crippen MR) is 63.1 cm³/mol. The van der Waals surface area contributed by atoms with Crippen LogP contribution >= 0.6 is 0 Å². The summed E-state index contributed by atoms with van der Waals surface area (Å²) in [4.78, 5) is 20.3. The van der Waals surface area contributed by atoms with Gasteiger partial charge in [-0.3, -0.25) is 20.2 Å². The highest BCUT2D eigenvalue weighted by atomic mass is 16.6. The molecule has 0 bridgehead atoms. The van der Waals surface area contributed by atoms with Crippen molar-refractivity contribution < 1.29 is 9.85 Å². The molecule has 0 aliphatic heterocycles. The molecule has 0 aliphatic carbocycles. The Kier molecular flexibility index (Phi) is 4.14. The molecule has 0 aliphatic rings.